The van der Waals surface area contributed by atoms with Gasteiger partial charge in [-0.15, -0.1) is 31.7 Å². The first kappa shape index (κ1) is 15.0. The van der Waals surface area contributed by atoms with Gasteiger partial charge in [-0.3, -0.25) is 0 Å². The first-order valence-electron chi connectivity index (χ1n) is 5.97. The summed E-state index contributed by atoms with van der Waals surface area (Å²) in [6.07, 6.45) is -4.49. The van der Waals surface area contributed by atoms with Gasteiger partial charge in [0.2, 0.25) is 0 Å². The van der Waals surface area contributed by atoms with Gasteiger partial charge in [0.1, 0.15) is 5.03 Å². The molecule has 0 spiro atoms. The number of alkyl halides is 3. The minimum absolute atomic E-state index is 0.321. The van der Waals surface area contributed by atoms with Gasteiger partial charge in [-0.25, -0.2) is 0 Å². The van der Waals surface area contributed by atoms with Crippen molar-refractivity contribution in [2.75, 3.05) is 0 Å². The molecule has 0 unspecified atom stereocenters. The molecule has 3 aromatic heterocycles. The highest BCUT2D eigenvalue weighted by Crippen LogP contribution is 2.31. The van der Waals surface area contributed by atoms with Crippen molar-refractivity contribution in [3.63, 3.8) is 0 Å². The number of hydrogen-bond donors (Lipinski definition) is 0. The van der Waals surface area contributed by atoms with E-state index in [-0.39, 0.29) is 0 Å². The van der Waals surface area contributed by atoms with Gasteiger partial charge in [0.15, 0.2) is 16.7 Å². The summed E-state index contributed by atoms with van der Waals surface area (Å²) in [6, 6.07) is 5.98. The molecule has 0 aromatic carbocycles. The number of halogens is 3. The Hall–Kier alpha value is -1.94. The monoisotopic (exact) mass is 343 g/mol. The number of hydrogen-bond acceptors (Lipinski definition) is 6. The Balaban J connectivity index is 1.82. The summed E-state index contributed by atoms with van der Waals surface area (Å²) >= 11 is 2.63. The van der Waals surface area contributed by atoms with Crippen LogP contribution < -0.4 is 0 Å². The zero-order chi connectivity index (χ0) is 15.7. The first-order valence-corrected chi connectivity index (χ1v) is 7.67. The molecule has 114 valence electrons. The molecule has 3 rings (SSSR count). The van der Waals surface area contributed by atoms with Gasteiger partial charge < -0.3 is 4.57 Å². The second-order valence-corrected chi connectivity index (χ2v) is 6.13. The topological polar surface area (TPSA) is 56.5 Å². The highest BCUT2D eigenvalue weighted by Gasteiger charge is 2.32. The molecule has 0 saturated heterocycles. The molecule has 0 bridgehead atoms. The summed E-state index contributed by atoms with van der Waals surface area (Å²) < 4.78 is 39.1. The Morgan fingerprint density at radius 2 is 1.91 bits per heavy atom. The fourth-order valence-corrected chi connectivity index (χ4v) is 3.10. The summed E-state index contributed by atoms with van der Waals surface area (Å²) in [5, 5.41) is 17.6. The molecule has 0 amide bonds. The smallest absolute Gasteiger partial charge is 0.304 e. The van der Waals surface area contributed by atoms with Gasteiger partial charge in [-0.1, -0.05) is 6.07 Å². The van der Waals surface area contributed by atoms with Crippen LogP contribution in [-0.4, -0.2) is 25.0 Å². The van der Waals surface area contributed by atoms with Crippen LogP contribution in [0.1, 0.15) is 5.69 Å². The van der Waals surface area contributed by atoms with E-state index in [4.69, 9.17) is 0 Å². The average molecular weight is 343 g/mol. The van der Waals surface area contributed by atoms with Gasteiger partial charge >= 0.3 is 6.18 Å². The average Bonchev–Trinajstić information content (AvgIpc) is 3.09. The highest BCUT2D eigenvalue weighted by atomic mass is 32.2. The van der Waals surface area contributed by atoms with E-state index in [1.165, 1.54) is 17.4 Å². The maximum atomic E-state index is 12.4. The molecule has 0 radical (unpaired) electrons. The maximum Gasteiger partial charge on any atom is 0.435 e. The van der Waals surface area contributed by atoms with E-state index in [2.05, 4.69) is 20.4 Å². The van der Waals surface area contributed by atoms with E-state index in [1.807, 2.05) is 17.5 Å². The van der Waals surface area contributed by atoms with Crippen LogP contribution in [0, 0.1) is 0 Å². The third kappa shape index (κ3) is 2.97. The standard InChI is InChI=1S/C12H8F3N5S2/c1-20-10(7-3-2-6-21-7)18-19-11(20)22-9-5-4-8(16-17-9)12(13,14)15/h2-6H,1H3. The number of aromatic nitrogens is 5. The van der Waals surface area contributed by atoms with E-state index in [0.717, 1.165) is 22.7 Å². The quantitative estimate of drug-likeness (QED) is 0.728. The zero-order valence-corrected chi connectivity index (χ0v) is 12.7. The fraction of sp³-hybridized carbons (Fsp3) is 0.167. The Kier molecular flexibility index (Phi) is 3.87. The van der Waals surface area contributed by atoms with Gasteiger partial charge in [0.25, 0.3) is 0 Å². The van der Waals surface area contributed by atoms with E-state index < -0.39 is 11.9 Å². The lowest BCUT2D eigenvalue weighted by Crippen LogP contribution is -2.08. The van der Waals surface area contributed by atoms with Crippen LogP contribution in [0.3, 0.4) is 0 Å². The van der Waals surface area contributed by atoms with Crippen molar-refractivity contribution in [1.82, 2.24) is 25.0 Å². The molecule has 0 fully saturated rings. The van der Waals surface area contributed by atoms with Crippen LogP contribution in [0.4, 0.5) is 13.2 Å². The maximum absolute atomic E-state index is 12.4. The third-order valence-electron chi connectivity index (χ3n) is 2.70. The second kappa shape index (κ2) is 5.69. The van der Waals surface area contributed by atoms with Crippen molar-refractivity contribution in [1.29, 1.82) is 0 Å². The lowest BCUT2D eigenvalue weighted by Gasteiger charge is -2.05. The van der Waals surface area contributed by atoms with Crippen LogP contribution in [0.15, 0.2) is 39.8 Å². The van der Waals surface area contributed by atoms with Crippen LogP contribution in [0.5, 0.6) is 0 Å². The molecule has 0 saturated carbocycles. The molecular weight excluding hydrogens is 335 g/mol. The molecule has 0 atom stereocenters. The Morgan fingerprint density at radius 1 is 1.09 bits per heavy atom. The zero-order valence-electron chi connectivity index (χ0n) is 11.1. The molecule has 0 aliphatic carbocycles. The molecule has 3 heterocycles. The lowest BCUT2D eigenvalue weighted by molar-refractivity contribution is -0.141. The van der Waals surface area contributed by atoms with Gasteiger partial charge in [-0.05, 0) is 35.3 Å². The van der Waals surface area contributed by atoms with Crippen LogP contribution in [0.25, 0.3) is 10.7 Å². The number of rotatable bonds is 3. The minimum atomic E-state index is -4.49. The summed E-state index contributed by atoms with van der Waals surface area (Å²) in [5.41, 5.74) is -1.02. The van der Waals surface area contributed by atoms with Crippen molar-refractivity contribution in [3.8, 4) is 10.7 Å². The van der Waals surface area contributed by atoms with E-state index in [1.54, 1.807) is 11.6 Å². The fourth-order valence-electron chi connectivity index (χ4n) is 1.64. The minimum Gasteiger partial charge on any atom is -0.304 e. The largest absolute Gasteiger partial charge is 0.435 e. The van der Waals surface area contributed by atoms with Gasteiger partial charge in [-0.2, -0.15) is 13.2 Å². The number of thiophene rings is 1. The predicted octanol–water partition coefficient (Wildman–Crippen LogP) is 3.50. The Bertz CT molecular complexity index is 765. The molecule has 22 heavy (non-hydrogen) atoms. The molecular formula is C12H8F3N5S2. The van der Waals surface area contributed by atoms with Crippen LogP contribution in [-0.2, 0) is 13.2 Å². The third-order valence-corrected chi connectivity index (χ3v) is 4.53. The normalized spacial score (nSPS) is 11.8. The second-order valence-electron chi connectivity index (χ2n) is 4.20. The summed E-state index contributed by atoms with van der Waals surface area (Å²) in [5.74, 6) is 0.692. The van der Waals surface area contributed by atoms with Gasteiger partial charge in [0.05, 0.1) is 4.88 Å². The van der Waals surface area contributed by atoms with E-state index >= 15 is 0 Å². The lowest BCUT2D eigenvalue weighted by atomic mass is 10.4. The van der Waals surface area contributed by atoms with E-state index in [0.29, 0.717) is 16.0 Å². The Labute approximate surface area is 131 Å². The first-order chi connectivity index (χ1) is 10.4. The van der Waals surface area contributed by atoms with Crippen LogP contribution in [0.2, 0.25) is 0 Å². The Morgan fingerprint density at radius 3 is 2.50 bits per heavy atom. The van der Waals surface area contributed by atoms with Crippen molar-refractivity contribution < 1.29 is 13.2 Å². The molecule has 3 aromatic rings. The molecule has 0 aliphatic rings. The number of nitrogens with zero attached hydrogens (tertiary/aromatic N) is 5. The highest BCUT2D eigenvalue weighted by molar-refractivity contribution is 7.99. The van der Waals surface area contributed by atoms with Crippen LogP contribution >= 0.6 is 23.1 Å². The molecule has 5 nitrogen and oxygen atoms in total. The van der Waals surface area contributed by atoms with Crippen molar-refractivity contribution in [3.05, 3.63) is 35.3 Å². The van der Waals surface area contributed by atoms with Crippen molar-refractivity contribution in [2.45, 2.75) is 16.4 Å². The summed E-state index contributed by atoms with van der Waals surface area (Å²) in [4.78, 5) is 0.959. The molecule has 0 N–H and O–H groups in total. The van der Waals surface area contributed by atoms with Gasteiger partial charge in [0, 0.05) is 7.05 Å². The SMILES string of the molecule is Cn1c(Sc2ccc(C(F)(F)F)nn2)nnc1-c1cccs1. The molecule has 10 heteroatoms. The van der Waals surface area contributed by atoms with Crippen molar-refractivity contribution in [2.24, 2.45) is 7.05 Å². The predicted molar refractivity (Wildman–Crippen MR) is 75.5 cm³/mol. The summed E-state index contributed by atoms with van der Waals surface area (Å²) in [6.45, 7) is 0. The van der Waals surface area contributed by atoms with Crippen molar-refractivity contribution >= 4 is 23.1 Å². The van der Waals surface area contributed by atoms with E-state index in [9.17, 15) is 13.2 Å². The summed E-state index contributed by atoms with van der Waals surface area (Å²) in [7, 11) is 1.79. The molecule has 0 aliphatic heterocycles.